The number of alkyl carbamates (subject to hydrolysis) is 1. The van der Waals surface area contributed by atoms with Crippen LogP contribution in [0.15, 0.2) is 24.5 Å². The molecular weight excluding hydrogens is 390 g/mol. The van der Waals surface area contributed by atoms with E-state index in [9.17, 15) is 14.3 Å². The SMILES string of the molecule is CC(C)(C)OC(=O)NCc1cn2cc(C(CC#N)NS(=O)C(C)(C)C)ccc2n1. The molecule has 2 N–H and O–H groups in total. The second kappa shape index (κ2) is 8.93. The molecule has 0 aliphatic heterocycles. The Labute approximate surface area is 174 Å². The van der Waals surface area contributed by atoms with Crippen LogP contribution in [0.2, 0.25) is 0 Å². The number of amides is 1. The van der Waals surface area contributed by atoms with Gasteiger partial charge < -0.3 is 14.5 Å². The Hall–Kier alpha value is -2.44. The number of fused-ring (bicyclic) bond motifs is 1. The minimum Gasteiger partial charge on any atom is -0.444 e. The Morgan fingerprint density at radius 1 is 1.28 bits per heavy atom. The van der Waals surface area contributed by atoms with E-state index in [0.29, 0.717) is 11.3 Å². The van der Waals surface area contributed by atoms with Crippen LogP contribution in [0.25, 0.3) is 5.65 Å². The van der Waals surface area contributed by atoms with E-state index in [2.05, 4.69) is 21.1 Å². The van der Waals surface area contributed by atoms with Crippen molar-refractivity contribution in [3.63, 3.8) is 0 Å². The van der Waals surface area contributed by atoms with E-state index < -0.39 is 27.4 Å². The van der Waals surface area contributed by atoms with Gasteiger partial charge in [0.2, 0.25) is 0 Å². The molecule has 0 fully saturated rings. The zero-order valence-corrected chi connectivity index (χ0v) is 18.6. The van der Waals surface area contributed by atoms with E-state index in [0.717, 1.165) is 5.56 Å². The maximum atomic E-state index is 12.5. The number of hydrogen-bond donors (Lipinski definition) is 2. The van der Waals surface area contributed by atoms with Gasteiger partial charge in [0.15, 0.2) is 0 Å². The molecule has 2 heterocycles. The lowest BCUT2D eigenvalue weighted by atomic mass is 10.1. The van der Waals surface area contributed by atoms with Crippen LogP contribution in [0, 0.1) is 11.3 Å². The third-order valence-electron chi connectivity index (χ3n) is 3.84. The summed E-state index contributed by atoms with van der Waals surface area (Å²) in [6, 6.07) is 5.47. The zero-order valence-electron chi connectivity index (χ0n) is 17.8. The molecule has 0 radical (unpaired) electrons. The van der Waals surface area contributed by atoms with E-state index in [1.54, 1.807) is 27.0 Å². The minimum absolute atomic E-state index is 0.190. The number of nitriles is 1. The summed E-state index contributed by atoms with van der Waals surface area (Å²) < 4.78 is 22.1. The highest BCUT2D eigenvalue weighted by Gasteiger charge is 2.24. The van der Waals surface area contributed by atoms with Crippen LogP contribution >= 0.6 is 0 Å². The van der Waals surface area contributed by atoms with E-state index >= 15 is 0 Å². The molecule has 158 valence electrons. The van der Waals surface area contributed by atoms with Crippen molar-refractivity contribution in [3.05, 3.63) is 35.8 Å². The summed E-state index contributed by atoms with van der Waals surface area (Å²) in [6.07, 6.45) is 3.35. The summed E-state index contributed by atoms with van der Waals surface area (Å²) in [4.78, 5) is 16.3. The topological polar surface area (TPSA) is 109 Å². The van der Waals surface area contributed by atoms with Gasteiger partial charge in [-0.1, -0.05) is 6.07 Å². The molecular formula is C20H29N5O3S. The van der Waals surface area contributed by atoms with Gasteiger partial charge in [0.25, 0.3) is 0 Å². The van der Waals surface area contributed by atoms with Crippen LogP contribution in [0.3, 0.4) is 0 Å². The maximum absolute atomic E-state index is 12.5. The van der Waals surface area contributed by atoms with Crippen molar-refractivity contribution in [2.24, 2.45) is 0 Å². The van der Waals surface area contributed by atoms with Crippen LogP contribution in [0.5, 0.6) is 0 Å². The Bertz CT molecular complexity index is 934. The van der Waals surface area contributed by atoms with Gasteiger partial charge in [0, 0.05) is 12.4 Å². The van der Waals surface area contributed by atoms with Gasteiger partial charge in [0.05, 0.1) is 46.5 Å². The van der Waals surface area contributed by atoms with Gasteiger partial charge >= 0.3 is 6.09 Å². The summed E-state index contributed by atoms with van der Waals surface area (Å²) in [5, 5.41) is 11.9. The third kappa shape index (κ3) is 6.84. The van der Waals surface area contributed by atoms with Crippen molar-refractivity contribution < 1.29 is 13.7 Å². The molecule has 2 aromatic heterocycles. The number of carbonyl (C=O) groups excluding carboxylic acids is 1. The van der Waals surface area contributed by atoms with Crippen molar-refractivity contribution in [1.29, 1.82) is 5.26 Å². The first-order valence-electron chi connectivity index (χ1n) is 9.38. The molecule has 0 aromatic carbocycles. The fourth-order valence-corrected chi connectivity index (χ4v) is 3.29. The van der Waals surface area contributed by atoms with Crippen molar-refractivity contribution in [3.8, 4) is 6.07 Å². The van der Waals surface area contributed by atoms with Crippen LogP contribution in [-0.2, 0) is 22.3 Å². The minimum atomic E-state index is -1.30. The molecule has 2 unspecified atom stereocenters. The lowest BCUT2D eigenvalue weighted by Crippen LogP contribution is -2.35. The van der Waals surface area contributed by atoms with Crippen LogP contribution in [-0.4, -0.2) is 30.0 Å². The number of aromatic nitrogens is 2. The molecule has 2 aromatic rings. The lowest BCUT2D eigenvalue weighted by Gasteiger charge is -2.23. The predicted octanol–water partition coefficient (Wildman–Crippen LogP) is 3.37. The molecule has 0 aliphatic rings. The van der Waals surface area contributed by atoms with Crippen molar-refractivity contribution in [2.75, 3.05) is 0 Å². The number of ether oxygens (including phenoxy) is 1. The van der Waals surface area contributed by atoms with Crippen LogP contribution in [0.1, 0.15) is 65.3 Å². The lowest BCUT2D eigenvalue weighted by molar-refractivity contribution is 0.0523. The standard InChI is InChI=1S/C20H29N5O3S/c1-19(2,3)28-18(26)22-11-15-13-25-12-14(7-8-17(25)23-15)16(9-10-21)24-29(27)20(4,5)6/h7-8,12-13,16,24H,9,11H2,1-6H3,(H,22,26). The summed E-state index contributed by atoms with van der Waals surface area (Å²) >= 11 is 0. The Morgan fingerprint density at radius 3 is 2.55 bits per heavy atom. The fourth-order valence-electron chi connectivity index (χ4n) is 2.45. The first-order valence-corrected chi connectivity index (χ1v) is 10.5. The quantitative estimate of drug-likeness (QED) is 0.746. The van der Waals surface area contributed by atoms with Crippen molar-refractivity contribution in [1.82, 2.24) is 19.4 Å². The number of hydrogen-bond acceptors (Lipinski definition) is 5. The number of imidazole rings is 1. The zero-order chi connectivity index (χ0) is 21.8. The summed E-state index contributed by atoms with van der Waals surface area (Å²) in [7, 11) is -1.30. The molecule has 8 nitrogen and oxygen atoms in total. The van der Waals surface area contributed by atoms with Gasteiger partial charge in [0.1, 0.15) is 11.2 Å². The average molecular weight is 420 g/mol. The molecule has 2 rings (SSSR count). The highest BCUT2D eigenvalue weighted by molar-refractivity contribution is 7.84. The van der Waals surface area contributed by atoms with E-state index in [-0.39, 0.29) is 19.0 Å². The first-order chi connectivity index (χ1) is 13.4. The van der Waals surface area contributed by atoms with E-state index in [1.165, 1.54) is 0 Å². The van der Waals surface area contributed by atoms with Crippen LogP contribution < -0.4 is 10.0 Å². The average Bonchev–Trinajstić information content (AvgIpc) is 2.99. The first kappa shape index (κ1) is 22.8. The van der Waals surface area contributed by atoms with Gasteiger partial charge in [-0.25, -0.2) is 18.7 Å². The second-order valence-corrected chi connectivity index (χ2v) is 10.7. The molecule has 0 bridgehead atoms. The normalized spacial score (nSPS) is 14.2. The Balaban J connectivity index is 2.15. The predicted molar refractivity (Wildman–Crippen MR) is 112 cm³/mol. The number of nitrogens with one attached hydrogen (secondary N) is 2. The molecule has 0 spiro atoms. The number of pyridine rings is 1. The molecule has 0 aliphatic carbocycles. The number of rotatable bonds is 6. The summed E-state index contributed by atoms with van der Waals surface area (Å²) in [6.45, 7) is 11.3. The van der Waals surface area contributed by atoms with Crippen molar-refractivity contribution >= 4 is 22.7 Å². The molecule has 0 saturated carbocycles. The number of nitrogens with zero attached hydrogens (tertiary/aromatic N) is 3. The van der Waals surface area contributed by atoms with Gasteiger partial charge in [-0.2, -0.15) is 5.26 Å². The van der Waals surface area contributed by atoms with Crippen molar-refractivity contribution in [2.45, 2.75) is 70.9 Å². The van der Waals surface area contributed by atoms with Crippen LogP contribution in [0.4, 0.5) is 4.79 Å². The monoisotopic (exact) mass is 419 g/mol. The molecule has 0 saturated heterocycles. The Morgan fingerprint density at radius 2 is 1.97 bits per heavy atom. The van der Waals surface area contributed by atoms with E-state index in [1.807, 2.05) is 43.5 Å². The largest absolute Gasteiger partial charge is 0.444 e. The van der Waals surface area contributed by atoms with Gasteiger partial charge in [-0.15, -0.1) is 0 Å². The number of carbonyl (C=O) groups is 1. The maximum Gasteiger partial charge on any atom is 0.407 e. The molecule has 9 heteroatoms. The summed E-state index contributed by atoms with van der Waals surface area (Å²) in [5.41, 5.74) is 1.66. The van der Waals surface area contributed by atoms with E-state index in [4.69, 9.17) is 4.74 Å². The molecule has 29 heavy (non-hydrogen) atoms. The Kier molecular flexibility index (Phi) is 7.03. The fraction of sp³-hybridized carbons (Fsp3) is 0.550. The highest BCUT2D eigenvalue weighted by atomic mass is 32.2. The second-order valence-electron chi connectivity index (χ2n) is 8.73. The van der Waals surface area contributed by atoms with Gasteiger partial charge in [-0.3, -0.25) is 0 Å². The smallest absolute Gasteiger partial charge is 0.407 e. The van der Waals surface area contributed by atoms with Gasteiger partial charge in [-0.05, 0) is 53.2 Å². The third-order valence-corrected chi connectivity index (χ3v) is 5.45. The molecule has 1 amide bonds. The highest BCUT2D eigenvalue weighted by Crippen LogP contribution is 2.21. The molecule has 2 atom stereocenters. The summed E-state index contributed by atoms with van der Waals surface area (Å²) in [5.74, 6) is 0.